The Morgan fingerprint density at radius 1 is 1.08 bits per heavy atom. The smallest absolute Gasteiger partial charge is 1.00 e. The van der Waals surface area contributed by atoms with Crippen LogP contribution in [0.3, 0.4) is 0 Å². The maximum Gasteiger partial charge on any atom is 4.00 e. The Bertz CT molecular complexity index is 402. The first-order valence-corrected chi connectivity index (χ1v) is 11.5. The van der Waals surface area contributed by atoms with Crippen LogP contribution in [0.1, 0.15) is 65.2 Å². The summed E-state index contributed by atoms with van der Waals surface area (Å²) in [7, 11) is 0.750. The Morgan fingerprint density at radius 2 is 1.48 bits per heavy atom. The predicted molar refractivity (Wildman–Crippen MR) is 99.5 cm³/mol. The Labute approximate surface area is 186 Å². The molecule has 5 rings (SSSR count). The van der Waals surface area contributed by atoms with Gasteiger partial charge in [-0.15, -0.1) is 12.0 Å². The Hall–Kier alpha value is 0.951. The van der Waals surface area contributed by atoms with Crippen molar-refractivity contribution in [1.29, 1.82) is 0 Å². The molecule has 4 fully saturated rings. The molecule has 5 aliphatic rings. The van der Waals surface area contributed by atoms with Gasteiger partial charge in [-0.2, -0.15) is 11.1 Å². The molecule has 0 aromatic rings. The van der Waals surface area contributed by atoms with Crippen molar-refractivity contribution in [1.82, 2.24) is 0 Å². The van der Waals surface area contributed by atoms with Gasteiger partial charge < -0.3 is 30.5 Å². The zero-order valence-corrected chi connectivity index (χ0v) is 20.5. The fraction of sp³-hybridized carbons (Fsp3) is 0.800. The van der Waals surface area contributed by atoms with Crippen LogP contribution in [-0.2, 0) is 21.7 Å². The van der Waals surface area contributed by atoms with E-state index in [1.807, 2.05) is 0 Å². The molecule has 0 aromatic carbocycles. The Kier molecular flexibility index (Phi) is 14.9. The molecule has 1 N–H and O–H groups in total. The topological polar surface area (TPSA) is 23.8 Å². The van der Waals surface area contributed by atoms with E-state index in [0.717, 1.165) is 33.7 Å². The van der Waals surface area contributed by atoms with Gasteiger partial charge in [0.1, 0.15) is 0 Å². The summed E-state index contributed by atoms with van der Waals surface area (Å²) < 4.78 is 0. The molecule has 5 aliphatic carbocycles. The Morgan fingerprint density at radius 3 is 1.68 bits per heavy atom. The fourth-order valence-corrected chi connectivity index (χ4v) is 5.08. The zero-order valence-electron chi connectivity index (χ0n) is 16.3. The summed E-state index contributed by atoms with van der Waals surface area (Å²) in [6, 6.07) is 0. The van der Waals surface area contributed by atoms with E-state index >= 15 is 0 Å². The van der Waals surface area contributed by atoms with Gasteiger partial charge in [0.2, 0.25) is 0 Å². The third-order valence-corrected chi connectivity index (χ3v) is 5.61. The number of halogens is 2. The van der Waals surface area contributed by atoms with Crippen molar-refractivity contribution >= 4 is 9.52 Å². The molecule has 0 heterocycles. The third kappa shape index (κ3) is 8.23. The summed E-state index contributed by atoms with van der Waals surface area (Å²) in [5.41, 5.74) is 11.2. The van der Waals surface area contributed by atoms with E-state index in [0.29, 0.717) is 0 Å². The van der Waals surface area contributed by atoms with Gasteiger partial charge in [0, 0.05) is 9.52 Å². The molecule has 0 aliphatic heterocycles. The van der Waals surface area contributed by atoms with E-state index in [1.54, 1.807) is 0 Å². The Balaban J connectivity index is 0. The molecule has 4 bridgehead atoms. The minimum absolute atomic E-state index is 0. The summed E-state index contributed by atoms with van der Waals surface area (Å²) in [5.74, 6) is 2.87. The molecule has 5 heteroatoms. The number of hydrogen-bond donors (Lipinski definition) is 0. The van der Waals surface area contributed by atoms with Crippen molar-refractivity contribution in [3.8, 4) is 0 Å². The zero-order chi connectivity index (χ0) is 16.2. The summed E-state index contributed by atoms with van der Waals surface area (Å²) in [5, 5.41) is 0. The van der Waals surface area contributed by atoms with Crippen LogP contribution in [0, 0.1) is 23.8 Å². The number of hydrogen-bond acceptors (Lipinski definition) is 0. The molecule has 25 heavy (non-hydrogen) atoms. The standard InChI is InChI=1S/C10H16N.C8H11.C2H7Si.2ClH.Ti/c11-10-4-7-1-8(5-10)3-9(2-7)6-10;1-3-8-6-4-5-7(8)2;1-3-2;;;/h7-9,11H,1-6H2;6H,3,5H2,1-2H3;3H,1-2H3;2*1H;/q2*-1;;;;+4/p-2. The first kappa shape index (κ1) is 28.2. The maximum absolute atomic E-state index is 8.21. The van der Waals surface area contributed by atoms with Gasteiger partial charge in [-0.1, -0.05) is 52.6 Å². The summed E-state index contributed by atoms with van der Waals surface area (Å²) in [4.78, 5) is 0. The number of nitrogens with one attached hydrogen (secondary N) is 1. The van der Waals surface area contributed by atoms with Gasteiger partial charge in [-0.25, -0.2) is 6.08 Å². The van der Waals surface area contributed by atoms with Crippen LogP contribution >= 0.6 is 0 Å². The molecule has 4 saturated carbocycles. The van der Waals surface area contributed by atoms with Crippen LogP contribution < -0.4 is 24.8 Å². The number of rotatable bonds is 1. The molecule has 0 spiro atoms. The molecule has 0 unspecified atom stereocenters. The SMILES string of the molecule is CCC1=C(C)C[C-]=C1.C[SiH]C.[Cl-].[Cl-].[NH-]C12CC3CC(CC(C3)C1)C2.[Ti+4]. The van der Waals surface area contributed by atoms with Crippen LogP contribution in [0.4, 0.5) is 0 Å². The summed E-state index contributed by atoms with van der Waals surface area (Å²) in [6.45, 7) is 8.78. The van der Waals surface area contributed by atoms with E-state index in [2.05, 4.69) is 39.1 Å². The van der Waals surface area contributed by atoms with Crippen molar-refractivity contribution in [2.45, 2.75) is 83.8 Å². The van der Waals surface area contributed by atoms with Crippen molar-refractivity contribution < 1.29 is 46.5 Å². The minimum Gasteiger partial charge on any atom is -1.00 e. The van der Waals surface area contributed by atoms with Crippen molar-refractivity contribution in [3.63, 3.8) is 0 Å². The molecule has 0 aromatic heterocycles. The molecule has 1 nitrogen and oxygen atoms in total. The predicted octanol–water partition coefficient (Wildman–Crippen LogP) is 0.00799. The second-order valence-electron chi connectivity index (χ2n) is 7.96. The second-order valence-corrected chi connectivity index (χ2v) is 9.11. The quantitative estimate of drug-likeness (QED) is 0.410. The first-order chi connectivity index (χ1) is 10.5. The normalized spacial score (nSPS) is 33.1. The average Bonchev–Trinajstić information content (AvgIpc) is 2.83. The van der Waals surface area contributed by atoms with E-state index < -0.39 is 0 Å². The molecular weight excluding hydrogens is 401 g/mol. The second kappa shape index (κ2) is 13.2. The van der Waals surface area contributed by atoms with E-state index in [9.17, 15) is 0 Å². The van der Waals surface area contributed by atoms with Gasteiger partial charge in [0.15, 0.2) is 0 Å². The molecule has 0 amide bonds. The first-order valence-electron chi connectivity index (χ1n) is 9.23. The van der Waals surface area contributed by atoms with Crippen LogP contribution in [0.15, 0.2) is 17.2 Å². The van der Waals surface area contributed by atoms with E-state index in [-0.39, 0.29) is 52.1 Å². The molecule has 141 valence electrons. The minimum atomic E-state index is 0. The van der Waals surface area contributed by atoms with Gasteiger partial charge >= 0.3 is 21.7 Å². The molecule has 0 atom stereocenters. The van der Waals surface area contributed by atoms with Crippen molar-refractivity contribution in [2.24, 2.45) is 17.8 Å². The largest absolute Gasteiger partial charge is 4.00 e. The molecule has 1 radical (unpaired) electrons. The van der Waals surface area contributed by atoms with Crippen LogP contribution in [0.2, 0.25) is 13.1 Å². The average molecular weight is 435 g/mol. The molecule has 0 saturated heterocycles. The summed E-state index contributed by atoms with van der Waals surface area (Å²) in [6.07, 6.45) is 15.6. The monoisotopic (exact) mass is 434 g/mol. The van der Waals surface area contributed by atoms with Crippen molar-refractivity contribution in [2.75, 3.05) is 0 Å². The maximum atomic E-state index is 8.21. The molecular formula is C20H34Cl2NSiTi. The summed E-state index contributed by atoms with van der Waals surface area (Å²) >= 11 is 0. The van der Waals surface area contributed by atoms with Crippen molar-refractivity contribution in [3.05, 3.63) is 29.0 Å². The van der Waals surface area contributed by atoms with E-state index in [1.165, 1.54) is 56.1 Å². The van der Waals surface area contributed by atoms with Gasteiger partial charge in [-0.3, -0.25) is 6.08 Å². The van der Waals surface area contributed by atoms with Crippen LogP contribution in [0.5, 0.6) is 0 Å². The van der Waals surface area contributed by atoms with E-state index in [4.69, 9.17) is 5.73 Å². The third-order valence-electron chi connectivity index (χ3n) is 5.61. The van der Waals surface area contributed by atoms with Gasteiger partial charge in [-0.05, 0) is 37.0 Å². The van der Waals surface area contributed by atoms with Crippen LogP contribution in [0.25, 0.3) is 5.73 Å². The van der Waals surface area contributed by atoms with Gasteiger partial charge in [0.05, 0.1) is 0 Å². The fourth-order valence-electron chi connectivity index (χ4n) is 5.08. The van der Waals surface area contributed by atoms with Crippen LogP contribution in [-0.4, -0.2) is 15.1 Å². The number of allylic oxidation sites excluding steroid dienone is 4. The van der Waals surface area contributed by atoms with Gasteiger partial charge in [0.25, 0.3) is 0 Å².